The number of aromatic nitrogens is 2. The minimum absolute atomic E-state index is 0.275. The molecule has 3 rings (SSSR count). The zero-order valence-electron chi connectivity index (χ0n) is 13.0. The number of nitrogens with zero attached hydrogens (tertiary/aromatic N) is 3. The van der Waals surface area contributed by atoms with E-state index in [0.29, 0.717) is 12.2 Å². The maximum Gasteiger partial charge on any atom is 0.132 e. The molecular formula is C17H23N3O2. The molecule has 22 heavy (non-hydrogen) atoms. The minimum Gasteiger partial charge on any atom is -0.467 e. The second-order valence-electron chi connectivity index (χ2n) is 5.93. The van der Waals surface area contributed by atoms with E-state index in [2.05, 4.69) is 14.9 Å². The van der Waals surface area contributed by atoms with Crippen molar-refractivity contribution in [2.24, 2.45) is 0 Å². The third-order valence-corrected chi connectivity index (χ3v) is 4.30. The predicted molar refractivity (Wildman–Crippen MR) is 84.7 cm³/mol. The van der Waals surface area contributed by atoms with Crippen LogP contribution in [0, 0.1) is 6.92 Å². The molecule has 2 atom stereocenters. The molecule has 5 nitrogen and oxygen atoms in total. The van der Waals surface area contributed by atoms with Crippen molar-refractivity contribution in [3.8, 4) is 0 Å². The molecule has 0 radical (unpaired) electrons. The molecule has 1 saturated heterocycles. The van der Waals surface area contributed by atoms with Gasteiger partial charge in [0.1, 0.15) is 23.5 Å². The first-order valence-electron chi connectivity index (χ1n) is 8.02. The van der Waals surface area contributed by atoms with E-state index in [4.69, 9.17) is 4.42 Å². The highest BCUT2D eigenvalue weighted by atomic mass is 16.4. The van der Waals surface area contributed by atoms with Crippen molar-refractivity contribution in [3.63, 3.8) is 0 Å². The molecule has 1 N–H and O–H groups in total. The summed E-state index contributed by atoms with van der Waals surface area (Å²) in [6.45, 7) is 2.89. The molecule has 2 aromatic heterocycles. The van der Waals surface area contributed by atoms with Crippen molar-refractivity contribution in [3.05, 3.63) is 42.2 Å². The van der Waals surface area contributed by atoms with E-state index in [1.165, 1.54) is 12.8 Å². The van der Waals surface area contributed by atoms with Gasteiger partial charge in [0, 0.05) is 25.2 Å². The topological polar surface area (TPSA) is 62.4 Å². The van der Waals surface area contributed by atoms with Gasteiger partial charge in [-0.2, -0.15) is 0 Å². The van der Waals surface area contributed by atoms with Crippen LogP contribution in [0.4, 0.5) is 5.82 Å². The van der Waals surface area contributed by atoms with Crippen molar-refractivity contribution < 1.29 is 9.52 Å². The van der Waals surface area contributed by atoms with Crippen LogP contribution in [0.15, 0.2) is 35.1 Å². The summed E-state index contributed by atoms with van der Waals surface area (Å²) in [5.41, 5.74) is 0. The number of hydrogen-bond donors (Lipinski definition) is 1. The van der Waals surface area contributed by atoms with Crippen LogP contribution < -0.4 is 4.90 Å². The van der Waals surface area contributed by atoms with Crippen molar-refractivity contribution in [2.75, 3.05) is 11.4 Å². The average molecular weight is 301 g/mol. The number of aliphatic hydroxyl groups excluding tert-OH is 1. The summed E-state index contributed by atoms with van der Waals surface area (Å²) in [6, 6.07) is 5.89. The van der Waals surface area contributed by atoms with Crippen LogP contribution >= 0.6 is 0 Å². The first-order chi connectivity index (χ1) is 10.7. The van der Waals surface area contributed by atoms with Gasteiger partial charge in [-0.1, -0.05) is 12.8 Å². The van der Waals surface area contributed by atoms with Gasteiger partial charge in [0.25, 0.3) is 0 Å². The molecule has 0 bridgehead atoms. The van der Waals surface area contributed by atoms with E-state index in [1.54, 1.807) is 6.26 Å². The Morgan fingerprint density at radius 2 is 2.27 bits per heavy atom. The highest BCUT2D eigenvalue weighted by molar-refractivity contribution is 5.39. The second-order valence-corrected chi connectivity index (χ2v) is 5.93. The first kappa shape index (κ1) is 15.0. The predicted octanol–water partition coefficient (Wildman–Crippen LogP) is 3.25. The summed E-state index contributed by atoms with van der Waals surface area (Å²) in [5.74, 6) is 2.39. The zero-order chi connectivity index (χ0) is 15.4. The van der Waals surface area contributed by atoms with Crippen LogP contribution in [0.5, 0.6) is 0 Å². The molecule has 118 valence electrons. The summed E-state index contributed by atoms with van der Waals surface area (Å²) in [6.07, 6.45) is 8.17. The Balaban J connectivity index is 1.79. The normalized spacial score (nSPS) is 20.6. The van der Waals surface area contributed by atoms with Gasteiger partial charge in [-0.05, 0) is 38.0 Å². The van der Waals surface area contributed by atoms with Crippen molar-refractivity contribution >= 4 is 5.82 Å². The molecule has 5 heteroatoms. The molecule has 1 aliphatic heterocycles. The molecule has 0 unspecified atom stereocenters. The van der Waals surface area contributed by atoms with Crippen molar-refractivity contribution in [1.82, 2.24) is 9.97 Å². The standard InChI is InChI=1S/C17H23N3O2/c1-13-18-9-8-17(19-13)20-10-4-2-3-6-14(20)12-15(21)16-7-5-11-22-16/h5,7-9,11,14-15,21H,2-4,6,10,12H2,1H3/t14-,15+/m1/s1. The van der Waals surface area contributed by atoms with Crippen LogP contribution in [0.3, 0.4) is 0 Å². The fraction of sp³-hybridized carbons (Fsp3) is 0.529. The zero-order valence-corrected chi connectivity index (χ0v) is 13.0. The lowest BCUT2D eigenvalue weighted by molar-refractivity contribution is 0.129. The van der Waals surface area contributed by atoms with Crippen LogP contribution in [-0.4, -0.2) is 27.7 Å². The molecule has 2 aromatic rings. The number of aryl methyl sites for hydroxylation is 1. The third-order valence-electron chi connectivity index (χ3n) is 4.30. The van der Waals surface area contributed by atoms with Gasteiger partial charge in [0.15, 0.2) is 0 Å². The Kier molecular flexibility index (Phi) is 4.73. The number of furan rings is 1. The van der Waals surface area contributed by atoms with Crippen LogP contribution in [0.25, 0.3) is 0 Å². The Morgan fingerprint density at radius 1 is 1.36 bits per heavy atom. The molecule has 0 aliphatic carbocycles. The monoisotopic (exact) mass is 301 g/mol. The third kappa shape index (κ3) is 3.47. The molecule has 0 amide bonds. The smallest absolute Gasteiger partial charge is 0.132 e. The van der Waals surface area contributed by atoms with Gasteiger partial charge in [-0.25, -0.2) is 9.97 Å². The van der Waals surface area contributed by atoms with E-state index in [-0.39, 0.29) is 6.04 Å². The fourth-order valence-electron chi connectivity index (χ4n) is 3.18. The second kappa shape index (κ2) is 6.92. The summed E-state index contributed by atoms with van der Waals surface area (Å²) in [4.78, 5) is 11.1. The SMILES string of the molecule is Cc1nccc(N2CCCCC[C@@H]2C[C@H](O)c2ccco2)n1. The summed E-state index contributed by atoms with van der Waals surface area (Å²) in [5, 5.41) is 10.4. The highest BCUT2D eigenvalue weighted by Crippen LogP contribution is 2.29. The molecule has 0 spiro atoms. The Labute approximate surface area is 131 Å². The van der Waals surface area contributed by atoms with E-state index >= 15 is 0 Å². The van der Waals surface area contributed by atoms with Gasteiger partial charge in [-0.3, -0.25) is 0 Å². The number of rotatable bonds is 4. The summed E-state index contributed by atoms with van der Waals surface area (Å²) >= 11 is 0. The maximum atomic E-state index is 10.4. The average Bonchev–Trinajstić information content (AvgIpc) is 2.95. The van der Waals surface area contributed by atoms with E-state index in [0.717, 1.165) is 31.0 Å². The summed E-state index contributed by atoms with van der Waals surface area (Å²) in [7, 11) is 0. The molecule has 0 aromatic carbocycles. The van der Waals surface area contributed by atoms with Gasteiger partial charge in [0.2, 0.25) is 0 Å². The molecule has 1 aliphatic rings. The van der Waals surface area contributed by atoms with Crippen molar-refractivity contribution in [2.45, 2.75) is 51.2 Å². The Hall–Kier alpha value is -1.88. The Morgan fingerprint density at radius 3 is 3.05 bits per heavy atom. The minimum atomic E-state index is -0.566. The van der Waals surface area contributed by atoms with Gasteiger partial charge in [0.05, 0.1) is 6.26 Å². The molecule has 1 fully saturated rings. The molecular weight excluding hydrogens is 278 g/mol. The van der Waals surface area contributed by atoms with E-state index in [9.17, 15) is 5.11 Å². The van der Waals surface area contributed by atoms with E-state index < -0.39 is 6.10 Å². The van der Waals surface area contributed by atoms with E-state index in [1.807, 2.05) is 31.3 Å². The van der Waals surface area contributed by atoms with Gasteiger partial charge < -0.3 is 14.4 Å². The lowest BCUT2D eigenvalue weighted by atomic mass is 10.0. The highest BCUT2D eigenvalue weighted by Gasteiger charge is 2.26. The fourth-order valence-corrected chi connectivity index (χ4v) is 3.18. The van der Waals surface area contributed by atoms with Crippen LogP contribution in [0.2, 0.25) is 0 Å². The lowest BCUT2D eigenvalue weighted by Gasteiger charge is -2.32. The van der Waals surface area contributed by atoms with Gasteiger partial charge in [-0.15, -0.1) is 0 Å². The molecule has 3 heterocycles. The largest absolute Gasteiger partial charge is 0.467 e. The number of aliphatic hydroxyl groups is 1. The quantitative estimate of drug-likeness (QED) is 0.939. The summed E-state index contributed by atoms with van der Waals surface area (Å²) < 4.78 is 5.33. The maximum absolute atomic E-state index is 10.4. The number of anilines is 1. The van der Waals surface area contributed by atoms with Crippen molar-refractivity contribution in [1.29, 1.82) is 0 Å². The van der Waals surface area contributed by atoms with Crippen LogP contribution in [0.1, 0.15) is 49.8 Å². The lowest BCUT2D eigenvalue weighted by Crippen LogP contribution is -2.36. The van der Waals surface area contributed by atoms with Crippen LogP contribution in [-0.2, 0) is 0 Å². The first-order valence-corrected chi connectivity index (χ1v) is 8.02. The molecule has 0 saturated carbocycles. The number of hydrogen-bond acceptors (Lipinski definition) is 5. The Bertz CT molecular complexity index is 585. The van der Waals surface area contributed by atoms with Gasteiger partial charge >= 0.3 is 0 Å².